The van der Waals surface area contributed by atoms with E-state index in [9.17, 15) is 13.6 Å². The van der Waals surface area contributed by atoms with E-state index in [-0.39, 0.29) is 11.7 Å². The van der Waals surface area contributed by atoms with Gasteiger partial charge in [-0.3, -0.25) is 9.88 Å². The molecular weight excluding hydrogens is 314 g/mol. The van der Waals surface area contributed by atoms with E-state index in [2.05, 4.69) is 15.2 Å². The lowest BCUT2D eigenvalue weighted by Gasteiger charge is -2.34. The van der Waals surface area contributed by atoms with Crippen LogP contribution in [0.1, 0.15) is 5.56 Å². The minimum Gasteiger partial charge on any atom is -0.322 e. The molecule has 0 atom stereocenters. The van der Waals surface area contributed by atoms with Crippen LogP contribution in [0.5, 0.6) is 0 Å². The third-order valence-corrected chi connectivity index (χ3v) is 3.99. The molecule has 126 valence electrons. The number of carbonyl (C=O) groups excluding carboxylic acids is 1. The number of urea groups is 1. The summed E-state index contributed by atoms with van der Waals surface area (Å²) in [6, 6.07) is 6.66. The zero-order valence-corrected chi connectivity index (χ0v) is 13.1. The highest BCUT2D eigenvalue weighted by Gasteiger charge is 2.21. The average Bonchev–Trinajstić information content (AvgIpc) is 2.59. The lowest BCUT2D eigenvalue weighted by molar-refractivity contribution is 0.143. The fourth-order valence-electron chi connectivity index (χ4n) is 2.64. The molecule has 1 saturated heterocycles. The molecule has 24 heavy (non-hydrogen) atoms. The average molecular weight is 332 g/mol. The van der Waals surface area contributed by atoms with Crippen LogP contribution >= 0.6 is 0 Å². The molecule has 0 spiro atoms. The number of aromatic nitrogens is 1. The van der Waals surface area contributed by atoms with Crippen LogP contribution in [0.4, 0.5) is 19.3 Å². The predicted molar refractivity (Wildman–Crippen MR) is 86.5 cm³/mol. The summed E-state index contributed by atoms with van der Waals surface area (Å²) >= 11 is 0. The van der Waals surface area contributed by atoms with Crippen LogP contribution in [0.2, 0.25) is 0 Å². The fraction of sp³-hybridized carbons (Fsp3) is 0.294. The van der Waals surface area contributed by atoms with Crippen LogP contribution in [-0.4, -0.2) is 47.0 Å². The van der Waals surface area contributed by atoms with Crippen LogP contribution in [0, 0.1) is 11.6 Å². The van der Waals surface area contributed by atoms with E-state index in [1.165, 1.54) is 11.6 Å². The van der Waals surface area contributed by atoms with Crippen LogP contribution < -0.4 is 5.32 Å². The standard InChI is InChI=1S/C17H18F2N4O/c18-14-1-2-16(15(19)11-14)21-17(24)23-9-7-22(8-10-23)12-13-3-5-20-6-4-13/h1-6,11H,7-10,12H2,(H,21,24). The highest BCUT2D eigenvalue weighted by Crippen LogP contribution is 2.16. The second-order valence-electron chi connectivity index (χ2n) is 5.67. The van der Waals surface area contributed by atoms with E-state index in [1.807, 2.05) is 12.1 Å². The monoisotopic (exact) mass is 332 g/mol. The Morgan fingerprint density at radius 3 is 2.46 bits per heavy atom. The third kappa shape index (κ3) is 4.05. The summed E-state index contributed by atoms with van der Waals surface area (Å²) in [5, 5.41) is 2.49. The van der Waals surface area contributed by atoms with Gasteiger partial charge >= 0.3 is 6.03 Å². The Balaban J connectivity index is 1.51. The molecule has 1 aromatic carbocycles. The second-order valence-corrected chi connectivity index (χ2v) is 5.67. The van der Waals surface area contributed by atoms with Gasteiger partial charge in [-0.25, -0.2) is 13.6 Å². The minimum absolute atomic E-state index is 0.0133. The number of nitrogens with zero attached hydrogens (tertiary/aromatic N) is 3. The van der Waals surface area contributed by atoms with Crippen molar-refractivity contribution in [2.45, 2.75) is 6.54 Å². The Kier molecular flexibility index (Phi) is 5.00. The van der Waals surface area contributed by atoms with Crippen molar-refractivity contribution in [1.29, 1.82) is 0 Å². The van der Waals surface area contributed by atoms with Gasteiger partial charge in [-0.05, 0) is 29.8 Å². The molecule has 0 radical (unpaired) electrons. The van der Waals surface area contributed by atoms with Gasteiger partial charge in [-0.1, -0.05) is 0 Å². The van der Waals surface area contributed by atoms with E-state index in [0.29, 0.717) is 13.1 Å². The van der Waals surface area contributed by atoms with Crippen molar-refractivity contribution in [3.05, 3.63) is 59.9 Å². The van der Waals surface area contributed by atoms with Crippen LogP contribution in [0.15, 0.2) is 42.7 Å². The van der Waals surface area contributed by atoms with E-state index in [0.717, 1.165) is 31.8 Å². The molecule has 7 heteroatoms. The lowest BCUT2D eigenvalue weighted by Crippen LogP contribution is -2.49. The van der Waals surface area contributed by atoms with E-state index < -0.39 is 11.6 Å². The molecule has 2 amide bonds. The van der Waals surface area contributed by atoms with Crippen molar-refractivity contribution in [2.75, 3.05) is 31.5 Å². The zero-order valence-electron chi connectivity index (χ0n) is 13.1. The SMILES string of the molecule is O=C(Nc1ccc(F)cc1F)N1CCN(Cc2ccncc2)CC1. The number of anilines is 1. The summed E-state index contributed by atoms with van der Waals surface area (Å²) < 4.78 is 26.5. The van der Waals surface area contributed by atoms with Crippen LogP contribution in [0.25, 0.3) is 0 Å². The summed E-state index contributed by atoms with van der Waals surface area (Å²) in [6.07, 6.45) is 3.52. The first kappa shape index (κ1) is 16.3. The first-order valence-electron chi connectivity index (χ1n) is 7.74. The molecule has 5 nitrogen and oxygen atoms in total. The fourth-order valence-corrected chi connectivity index (χ4v) is 2.64. The predicted octanol–water partition coefficient (Wildman–Crippen LogP) is 2.71. The summed E-state index contributed by atoms with van der Waals surface area (Å²) in [6.45, 7) is 3.40. The number of pyridine rings is 1. The topological polar surface area (TPSA) is 48.5 Å². The number of carbonyl (C=O) groups is 1. The van der Waals surface area contributed by atoms with Gasteiger partial charge in [0.25, 0.3) is 0 Å². The number of rotatable bonds is 3. The van der Waals surface area contributed by atoms with Gasteiger partial charge in [0.2, 0.25) is 0 Å². The van der Waals surface area contributed by atoms with Gasteiger partial charge in [0.15, 0.2) is 0 Å². The quantitative estimate of drug-likeness (QED) is 0.940. The van der Waals surface area contributed by atoms with E-state index in [1.54, 1.807) is 17.3 Å². The smallest absolute Gasteiger partial charge is 0.322 e. The van der Waals surface area contributed by atoms with Crippen molar-refractivity contribution < 1.29 is 13.6 Å². The van der Waals surface area contributed by atoms with Crippen molar-refractivity contribution >= 4 is 11.7 Å². The van der Waals surface area contributed by atoms with Gasteiger partial charge < -0.3 is 10.2 Å². The first-order valence-corrected chi connectivity index (χ1v) is 7.74. The molecule has 0 saturated carbocycles. The van der Waals surface area contributed by atoms with Crippen molar-refractivity contribution in [3.8, 4) is 0 Å². The molecule has 0 unspecified atom stereocenters. The molecule has 1 aliphatic rings. The van der Waals surface area contributed by atoms with Crippen molar-refractivity contribution in [3.63, 3.8) is 0 Å². The Labute approximate surface area is 138 Å². The normalized spacial score (nSPS) is 15.3. The number of benzene rings is 1. The second kappa shape index (κ2) is 7.35. The van der Waals surface area contributed by atoms with Gasteiger partial charge in [-0.2, -0.15) is 0 Å². The molecule has 3 rings (SSSR count). The molecule has 1 aromatic heterocycles. The number of hydrogen-bond donors (Lipinski definition) is 1. The summed E-state index contributed by atoms with van der Waals surface area (Å²) in [5.41, 5.74) is 1.16. The number of piperazine rings is 1. The molecule has 2 heterocycles. The summed E-state index contributed by atoms with van der Waals surface area (Å²) in [4.78, 5) is 20.1. The highest BCUT2D eigenvalue weighted by molar-refractivity contribution is 5.89. The van der Waals surface area contributed by atoms with E-state index in [4.69, 9.17) is 0 Å². The van der Waals surface area contributed by atoms with Gasteiger partial charge in [-0.15, -0.1) is 0 Å². The lowest BCUT2D eigenvalue weighted by atomic mass is 10.2. The van der Waals surface area contributed by atoms with Crippen LogP contribution in [-0.2, 0) is 6.54 Å². The molecule has 1 fully saturated rings. The third-order valence-electron chi connectivity index (χ3n) is 3.99. The van der Waals surface area contributed by atoms with Gasteiger partial charge in [0, 0.05) is 51.2 Å². The first-order chi connectivity index (χ1) is 11.6. The summed E-state index contributed by atoms with van der Waals surface area (Å²) in [7, 11) is 0. The largest absolute Gasteiger partial charge is 0.322 e. The number of nitrogens with one attached hydrogen (secondary N) is 1. The Morgan fingerprint density at radius 1 is 1.08 bits per heavy atom. The Bertz CT molecular complexity index is 703. The number of hydrogen-bond acceptors (Lipinski definition) is 3. The Morgan fingerprint density at radius 2 is 1.79 bits per heavy atom. The molecule has 1 N–H and O–H groups in total. The molecule has 1 aliphatic heterocycles. The minimum atomic E-state index is -0.778. The van der Waals surface area contributed by atoms with E-state index >= 15 is 0 Å². The summed E-state index contributed by atoms with van der Waals surface area (Å²) in [5.74, 6) is -1.45. The number of halogens is 2. The maximum atomic E-state index is 13.6. The molecular formula is C17H18F2N4O. The molecule has 2 aromatic rings. The van der Waals surface area contributed by atoms with Crippen LogP contribution in [0.3, 0.4) is 0 Å². The highest BCUT2D eigenvalue weighted by atomic mass is 19.1. The molecule has 0 aliphatic carbocycles. The van der Waals surface area contributed by atoms with Crippen molar-refractivity contribution in [1.82, 2.24) is 14.8 Å². The maximum absolute atomic E-state index is 13.6. The number of amides is 2. The van der Waals surface area contributed by atoms with Gasteiger partial charge in [0.05, 0.1) is 5.69 Å². The zero-order chi connectivity index (χ0) is 16.9. The Hall–Kier alpha value is -2.54. The van der Waals surface area contributed by atoms with Crippen molar-refractivity contribution in [2.24, 2.45) is 0 Å². The molecule has 0 bridgehead atoms. The maximum Gasteiger partial charge on any atom is 0.322 e. The van der Waals surface area contributed by atoms with Gasteiger partial charge in [0.1, 0.15) is 11.6 Å².